The van der Waals surface area contributed by atoms with Crippen LogP contribution in [0.5, 0.6) is 5.75 Å². The van der Waals surface area contributed by atoms with E-state index in [1.807, 2.05) is 12.1 Å². The molecule has 0 spiro atoms. The quantitative estimate of drug-likeness (QED) is 0.561. The van der Waals surface area contributed by atoms with Gasteiger partial charge in [-0.3, -0.25) is 4.99 Å². The van der Waals surface area contributed by atoms with Crippen molar-refractivity contribution in [3.63, 3.8) is 0 Å². The first-order valence-corrected chi connectivity index (χ1v) is 9.50. The Balaban J connectivity index is 1.79. The van der Waals surface area contributed by atoms with E-state index in [1.54, 1.807) is 7.11 Å². The molecule has 25 heavy (non-hydrogen) atoms. The lowest BCUT2D eigenvalue weighted by molar-refractivity contribution is 0.317. The maximum Gasteiger partial charge on any atom is 0.191 e. The molecule has 0 radical (unpaired) electrons. The zero-order valence-corrected chi connectivity index (χ0v) is 16.2. The topological polar surface area (TPSA) is 48.9 Å². The molecule has 1 aliphatic heterocycles. The third-order valence-electron chi connectivity index (χ3n) is 5.03. The number of rotatable bonds is 8. The van der Waals surface area contributed by atoms with E-state index in [-0.39, 0.29) is 0 Å². The molecule has 0 aliphatic carbocycles. The summed E-state index contributed by atoms with van der Waals surface area (Å²) in [5.41, 5.74) is 1.34. The highest BCUT2D eigenvalue weighted by atomic mass is 16.5. The fraction of sp³-hybridized carbons (Fsp3) is 0.650. The summed E-state index contributed by atoms with van der Waals surface area (Å²) in [4.78, 5) is 7.19. The standard InChI is InChI=1S/C20H34N4O/c1-5-21-20(23-15-18-7-6-14-24(18)3)22-13-12-16(2)17-8-10-19(25-4)11-9-17/h8-11,16,18H,5-7,12-15H2,1-4H3,(H2,21,22,23). The highest BCUT2D eigenvalue weighted by Gasteiger charge is 2.20. The molecule has 0 aromatic heterocycles. The Morgan fingerprint density at radius 3 is 2.68 bits per heavy atom. The second-order valence-electron chi connectivity index (χ2n) is 6.89. The van der Waals surface area contributed by atoms with Crippen molar-refractivity contribution in [1.82, 2.24) is 15.5 Å². The zero-order chi connectivity index (χ0) is 18.1. The molecule has 1 fully saturated rings. The summed E-state index contributed by atoms with van der Waals surface area (Å²) in [5, 5.41) is 6.83. The number of likely N-dealkylation sites (N-methyl/N-ethyl adjacent to an activating group) is 1. The molecule has 0 bridgehead atoms. The van der Waals surface area contributed by atoms with Gasteiger partial charge in [-0.15, -0.1) is 0 Å². The fourth-order valence-corrected chi connectivity index (χ4v) is 3.25. The first kappa shape index (κ1) is 19.6. The van der Waals surface area contributed by atoms with Crippen LogP contribution in [0.2, 0.25) is 0 Å². The van der Waals surface area contributed by atoms with Crippen LogP contribution in [0.15, 0.2) is 29.3 Å². The lowest BCUT2D eigenvalue weighted by atomic mass is 9.98. The van der Waals surface area contributed by atoms with Crippen LogP contribution >= 0.6 is 0 Å². The summed E-state index contributed by atoms with van der Waals surface area (Å²) in [7, 11) is 3.90. The molecule has 140 valence electrons. The highest BCUT2D eigenvalue weighted by Crippen LogP contribution is 2.21. The van der Waals surface area contributed by atoms with Gasteiger partial charge in [-0.25, -0.2) is 0 Å². The molecule has 2 unspecified atom stereocenters. The molecule has 2 rings (SSSR count). The van der Waals surface area contributed by atoms with Crippen LogP contribution in [0.4, 0.5) is 0 Å². The molecule has 5 heteroatoms. The summed E-state index contributed by atoms with van der Waals surface area (Å²) < 4.78 is 5.23. The van der Waals surface area contributed by atoms with Crippen LogP contribution in [0.25, 0.3) is 0 Å². The normalized spacial score (nSPS) is 19.7. The summed E-state index contributed by atoms with van der Waals surface area (Å²) in [6, 6.07) is 8.96. The van der Waals surface area contributed by atoms with Gasteiger partial charge in [0.25, 0.3) is 0 Å². The number of ether oxygens (including phenoxy) is 1. The van der Waals surface area contributed by atoms with Gasteiger partial charge >= 0.3 is 0 Å². The van der Waals surface area contributed by atoms with Gasteiger partial charge in [0.2, 0.25) is 0 Å². The minimum Gasteiger partial charge on any atom is -0.497 e. The number of benzene rings is 1. The third kappa shape index (κ3) is 6.24. The number of aliphatic imine (C=N–C) groups is 1. The fourth-order valence-electron chi connectivity index (χ4n) is 3.25. The Labute approximate surface area is 152 Å². The van der Waals surface area contributed by atoms with Crippen LogP contribution in [-0.4, -0.2) is 57.2 Å². The highest BCUT2D eigenvalue weighted by molar-refractivity contribution is 5.79. The van der Waals surface area contributed by atoms with Gasteiger partial charge in [0.15, 0.2) is 5.96 Å². The molecule has 5 nitrogen and oxygen atoms in total. The van der Waals surface area contributed by atoms with Gasteiger partial charge in [-0.1, -0.05) is 19.1 Å². The van der Waals surface area contributed by atoms with Crippen LogP contribution < -0.4 is 15.4 Å². The van der Waals surface area contributed by atoms with Crippen molar-refractivity contribution in [2.24, 2.45) is 4.99 Å². The molecular weight excluding hydrogens is 312 g/mol. The molecule has 0 saturated carbocycles. The summed E-state index contributed by atoms with van der Waals surface area (Å²) in [6.07, 6.45) is 3.62. The Morgan fingerprint density at radius 1 is 1.32 bits per heavy atom. The van der Waals surface area contributed by atoms with E-state index in [0.717, 1.165) is 37.8 Å². The monoisotopic (exact) mass is 346 g/mol. The largest absolute Gasteiger partial charge is 0.497 e. The first-order valence-electron chi connectivity index (χ1n) is 9.50. The lowest BCUT2D eigenvalue weighted by Crippen LogP contribution is -2.39. The molecule has 1 aromatic rings. The van der Waals surface area contributed by atoms with Crippen LogP contribution in [0.1, 0.15) is 44.6 Å². The Morgan fingerprint density at radius 2 is 2.08 bits per heavy atom. The van der Waals surface area contributed by atoms with E-state index in [9.17, 15) is 0 Å². The predicted octanol–water partition coefficient (Wildman–Crippen LogP) is 2.84. The van der Waals surface area contributed by atoms with Gasteiger partial charge < -0.3 is 20.3 Å². The van der Waals surface area contributed by atoms with Crippen LogP contribution in [-0.2, 0) is 0 Å². The second kappa shape index (κ2) is 10.3. The average Bonchev–Trinajstić information content (AvgIpc) is 3.04. The van der Waals surface area contributed by atoms with Crippen molar-refractivity contribution in [3.05, 3.63) is 29.8 Å². The molecule has 1 aliphatic rings. The number of nitrogens with one attached hydrogen (secondary N) is 2. The van der Waals surface area contributed by atoms with Crippen LogP contribution in [0, 0.1) is 0 Å². The molecule has 2 atom stereocenters. The number of hydrogen-bond donors (Lipinski definition) is 2. The van der Waals surface area contributed by atoms with Gasteiger partial charge in [0.05, 0.1) is 13.7 Å². The second-order valence-corrected chi connectivity index (χ2v) is 6.89. The van der Waals surface area contributed by atoms with Crippen molar-refractivity contribution in [3.8, 4) is 5.75 Å². The van der Waals surface area contributed by atoms with Crippen LogP contribution in [0.3, 0.4) is 0 Å². The lowest BCUT2D eigenvalue weighted by Gasteiger charge is -2.19. The molecule has 0 amide bonds. The Hall–Kier alpha value is -1.75. The van der Waals surface area contributed by atoms with E-state index in [2.05, 4.69) is 48.6 Å². The van der Waals surface area contributed by atoms with Gasteiger partial charge in [-0.05, 0) is 63.4 Å². The smallest absolute Gasteiger partial charge is 0.191 e. The van der Waals surface area contributed by atoms with Gasteiger partial charge in [0, 0.05) is 19.1 Å². The van der Waals surface area contributed by atoms with E-state index in [1.165, 1.54) is 24.9 Å². The molecule has 1 heterocycles. The average molecular weight is 347 g/mol. The maximum atomic E-state index is 5.23. The minimum absolute atomic E-state index is 0.502. The van der Waals surface area contributed by atoms with Crippen molar-refractivity contribution in [2.75, 3.05) is 40.3 Å². The minimum atomic E-state index is 0.502. The Bertz CT molecular complexity index is 529. The number of methoxy groups -OCH3 is 1. The van der Waals surface area contributed by atoms with E-state index in [0.29, 0.717) is 12.0 Å². The Kier molecular flexibility index (Phi) is 8.06. The van der Waals surface area contributed by atoms with Gasteiger partial charge in [-0.2, -0.15) is 0 Å². The molecule has 1 saturated heterocycles. The number of likely N-dealkylation sites (tertiary alicyclic amines) is 1. The number of guanidine groups is 1. The molecular formula is C20H34N4O. The summed E-state index contributed by atoms with van der Waals surface area (Å²) >= 11 is 0. The van der Waals surface area contributed by atoms with E-state index < -0.39 is 0 Å². The summed E-state index contributed by atoms with van der Waals surface area (Å²) in [6.45, 7) is 8.25. The van der Waals surface area contributed by atoms with Crippen molar-refractivity contribution < 1.29 is 4.74 Å². The number of nitrogens with zero attached hydrogens (tertiary/aromatic N) is 2. The van der Waals surface area contributed by atoms with Gasteiger partial charge in [0.1, 0.15) is 5.75 Å². The molecule has 1 aromatic carbocycles. The van der Waals surface area contributed by atoms with Crippen molar-refractivity contribution in [2.45, 2.75) is 45.1 Å². The SMILES string of the molecule is CCNC(=NCC1CCCN1C)NCCC(C)c1ccc(OC)cc1. The number of hydrogen-bond acceptors (Lipinski definition) is 3. The van der Waals surface area contributed by atoms with E-state index >= 15 is 0 Å². The van der Waals surface area contributed by atoms with Crippen molar-refractivity contribution >= 4 is 5.96 Å². The molecule has 2 N–H and O–H groups in total. The van der Waals surface area contributed by atoms with Crippen molar-refractivity contribution in [1.29, 1.82) is 0 Å². The summed E-state index contributed by atoms with van der Waals surface area (Å²) in [5.74, 6) is 2.35. The first-order chi connectivity index (χ1) is 12.1. The zero-order valence-electron chi connectivity index (χ0n) is 16.2. The maximum absolute atomic E-state index is 5.23. The van der Waals surface area contributed by atoms with E-state index in [4.69, 9.17) is 9.73 Å². The third-order valence-corrected chi connectivity index (χ3v) is 5.03. The predicted molar refractivity (Wildman–Crippen MR) is 106 cm³/mol.